The Morgan fingerprint density at radius 2 is 1.25 bits per heavy atom. The number of benzene rings is 2. The van der Waals surface area contributed by atoms with Gasteiger partial charge in [0, 0.05) is 6.07 Å². The Labute approximate surface area is 231 Å². The third-order valence-corrected chi connectivity index (χ3v) is 6.88. The predicted molar refractivity (Wildman–Crippen MR) is 141 cm³/mol. The summed E-state index contributed by atoms with van der Waals surface area (Å²) in [7, 11) is 3.09. The summed E-state index contributed by atoms with van der Waals surface area (Å²) in [5.41, 5.74) is 1.65. The van der Waals surface area contributed by atoms with Gasteiger partial charge >= 0.3 is 0 Å². The molecule has 0 aliphatic carbocycles. The summed E-state index contributed by atoms with van der Waals surface area (Å²) in [5.74, 6) is 1.47. The van der Waals surface area contributed by atoms with Crippen molar-refractivity contribution in [2.45, 2.75) is 68.3 Å². The quantitative estimate of drug-likeness (QED) is 0.223. The molecule has 2 saturated heterocycles. The van der Waals surface area contributed by atoms with Crippen LogP contribution in [0.25, 0.3) is 12.2 Å². The maximum Gasteiger partial charge on any atom is 0.229 e. The molecule has 6 N–H and O–H groups in total. The second-order valence-corrected chi connectivity index (χ2v) is 9.70. The standard InChI is InChI=1S/C28H36O12/c1-14-21(29)23(31)25(33)27(38-14)37-13-20-22(30)24(32)26(34)28(40-20)39-19-11-16(10-18(12-19)36-3)5-4-15-6-8-17(35-2)9-7-15/h4-12,14,20-34H,13H2,1-3H3/b5-4+/t14-,20+,21-,22+,23+,24-,25+,26+,27-,28+/m0/s1. The zero-order valence-corrected chi connectivity index (χ0v) is 22.3. The maximum atomic E-state index is 10.6. The maximum absolute atomic E-state index is 10.6. The number of hydrogen-bond donors (Lipinski definition) is 6. The van der Waals surface area contributed by atoms with E-state index in [1.165, 1.54) is 14.0 Å². The lowest BCUT2D eigenvalue weighted by Gasteiger charge is -2.42. The molecule has 2 aliphatic rings. The van der Waals surface area contributed by atoms with Gasteiger partial charge in [-0.15, -0.1) is 0 Å². The van der Waals surface area contributed by atoms with Crippen molar-refractivity contribution in [1.82, 2.24) is 0 Å². The Morgan fingerprint density at radius 3 is 1.93 bits per heavy atom. The second-order valence-electron chi connectivity index (χ2n) is 9.70. The van der Waals surface area contributed by atoms with Crippen molar-refractivity contribution in [2.24, 2.45) is 0 Å². The van der Waals surface area contributed by atoms with Crippen LogP contribution in [0.3, 0.4) is 0 Å². The predicted octanol–water partition coefficient (Wildman–Crippen LogP) is -0.0953. The zero-order chi connectivity index (χ0) is 29.0. The van der Waals surface area contributed by atoms with E-state index in [0.29, 0.717) is 11.3 Å². The van der Waals surface area contributed by atoms with E-state index in [9.17, 15) is 30.6 Å². The summed E-state index contributed by atoms with van der Waals surface area (Å²) in [6.07, 6.45) is -10.2. The number of aliphatic hydroxyl groups excluding tert-OH is 6. The first kappa shape index (κ1) is 30.2. The largest absolute Gasteiger partial charge is 0.497 e. The van der Waals surface area contributed by atoms with E-state index in [1.54, 1.807) is 25.3 Å². The SMILES string of the molecule is COc1ccc(/C=C/c2cc(OC)cc(O[C@@H]3O[C@H](CO[C@H]4O[C@@H](C)[C@H](O)[C@@H](O)[C@H]4O)[C@@H](O)[C@H](O)[C@H]3O)c2)cc1. The first-order valence-corrected chi connectivity index (χ1v) is 12.8. The van der Waals surface area contributed by atoms with Crippen molar-refractivity contribution in [3.05, 3.63) is 53.6 Å². The first-order chi connectivity index (χ1) is 19.1. The van der Waals surface area contributed by atoms with Crippen molar-refractivity contribution in [3.63, 3.8) is 0 Å². The van der Waals surface area contributed by atoms with Crippen LogP contribution in [-0.4, -0.2) is 113 Å². The first-order valence-electron chi connectivity index (χ1n) is 12.8. The molecular formula is C28H36O12. The highest BCUT2D eigenvalue weighted by Gasteiger charge is 2.47. The average molecular weight is 565 g/mol. The minimum absolute atomic E-state index is 0.262. The normalized spacial score (nSPS) is 34.5. The molecule has 4 rings (SSSR count). The van der Waals surface area contributed by atoms with Crippen LogP contribution >= 0.6 is 0 Å². The molecule has 2 fully saturated rings. The number of rotatable bonds is 9. The molecule has 0 spiro atoms. The Bertz CT molecular complexity index is 1120. The smallest absolute Gasteiger partial charge is 0.229 e. The van der Waals surface area contributed by atoms with Crippen LogP contribution < -0.4 is 14.2 Å². The lowest BCUT2D eigenvalue weighted by Crippen LogP contribution is -2.61. The monoisotopic (exact) mass is 564 g/mol. The lowest BCUT2D eigenvalue weighted by atomic mass is 9.98. The molecule has 0 radical (unpaired) electrons. The molecule has 2 aromatic rings. The molecule has 0 saturated carbocycles. The van der Waals surface area contributed by atoms with Crippen LogP contribution in [0, 0.1) is 0 Å². The Morgan fingerprint density at radius 1 is 0.650 bits per heavy atom. The molecule has 0 aromatic heterocycles. The van der Waals surface area contributed by atoms with Crippen LogP contribution in [0.2, 0.25) is 0 Å². The third-order valence-electron chi connectivity index (χ3n) is 6.88. The number of hydrogen-bond acceptors (Lipinski definition) is 12. The number of ether oxygens (including phenoxy) is 6. The highest BCUT2D eigenvalue weighted by Crippen LogP contribution is 2.30. The number of aliphatic hydroxyl groups is 6. The zero-order valence-electron chi connectivity index (χ0n) is 22.3. The Balaban J connectivity index is 1.45. The molecule has 10 atom stereocenters. The van der Waals surface area contributed by atoms with Crippen molar-refractivity contribution >= 4 is 12.2 Å². The van der Waals surface area contributed by atoms with Crippen molar-refractivity contribution in [2.75, 3.05) is 20.8 Å². The fourth-order valence-corrected chi connectivity index (χ4v) is 4.41. The molecular weight excluding hydrogens is 528 g/mol. The molecule has 220 valence electrons. The van der Waals surface area contributed by atoms with Gasteiger partial charge in [-0.25, -0.2) is 0 Å². The van der Waals surface area contributed by atoms with E-state index in [0.717, 1.165) is 11.3 Å². The van der Waals surface area contributed by atoms with Gasteiger partial charge in [-0.3, -0.25) is 0 Å². The van der Waals surface area contributed by atoms with E-state index in [-0.39, 0.29) is 5.75 Å². The molecule has 12 nitrogen and oxygen atoms in total. The summed E-state index contributed by atoms with van der Waals surface area (Å²) in [4.78, 5) is 0. The van der Waals surface area contributed by atoms with Gasteiger partial charge in [0.25, 0.3) is 0 Å². The summed E-state index contributed by atoms with van der Waals surface area (Å²) >= 11 is 0. The van der Waals surface area contributed by atoms with Gasteiger partial charge in [-0.05, 0) is 42.3 Å². The van der Waals surface area contributed by atoms with Crippen LogP contribution in [0.15, 0.2) is 42.5 Å². The fraction of sp³-hybridized carbons (Fsp3) is 0.500. The molecule has 0 bridgehead atoms. The van der Waals surface area contributed by atoms with E-state index < -0.39 is 68.0 Å². The van der Waals surface area contributed by atoms with Gasteiger partial charge in [-0.2, -0.15) is 0 Å². The molecule has 40 heavy (non-hydrogen) atoms. The van der Waals surface area contributed by atoms with Gasteiger partial charge < -0.3 is 59.1 Å². The molecule has 0 unspecified atom stereocenters. The molecule has 2 aliphatic heterocycles. The van der Waals surface area contributed by atoms with Crippen LogP contribution in [0.1, 0.15) is 18.1 Å². The van der Waals surface area contributed by atoms with E-state index in [2.05, 4.69) is 0 Å². The van der Waals surface area contributed by atoms with Crippen LogP contribution in [0.5, 0.6) is 17.2 Å². The summed E-state index contributed by atoms with van der Waals surface area (Å²) in [6.45, 7) is 1.11. The van der Waals surface area contributed by atoms with E-state index in [4.69, 9.17) is 28.4 Å². The highest BCUT2D eigenvalue weighted by atomic mass is 16.7. The summed E-state index contributed by atoms with van der Waals surface area (Å²) in [6, 6.07) is 12.5. The summed E-state index contributed by atoms with van der Waals surface area (Å²) in [5, 5.41) is 61.5. The Hall–Kier alpha value is -2.78. The average Bonchev–Trinajstić information content (AvgIpc) is 2.97. The third kappa shape index (κ3) is 6.92. The van der Waals surface area contributed by atoms with Gasteiger partial charge in [0.05, 0.1) is 26.9 Å². The molecule has 12 heteroatoms. The van der Waals surface area contributed by atoms with Crippen molar-refractivity contribution < 1.29 is 59.1 Å². The molecule has 0 amide bonds. The Kier molecular flexibility index (Phi) is 10.0. The minimum atomic E-state index is -1.64. The van der Waals surface area contributed by atoms with E-state index >= 15 is 0 Å². The van der Waals surface area contributed by atoms with Crippen LogP contribution in [-0.2, 0) is 14.2 Å². The number of methoxy groups -OCH3 is 2. The van der Waals surface area contributed by atoms with Crippen molar-refractivity contribution in [3.8, 4) is 17.2 Å². The van der Waals surface area contributed by atoms with E-state index in [1.807, 2.05) is 36.4 Å². The minimum Gasteiger partial charge on any atom is -0.497 e. The topological polar surface area (TPSA) is 177 Å². The van der Waals surface area contributed by atoms with Gasteiger partial charge in [0.1, 0.15) is 60.0 Å². The van der Waals surface area contributed by atoms with Crippen LogP contribution in [0.4, 0.5) is 0 Å². The highest BCUT2D eigenvalue weighted by molar-refractivity contribution is 5.71. The van der Waals surface area contributed by atoms with Crippen molar-refractivity contribution in [1.29, 1.82) is 0 Å². The second kappa shape index (κ2) is 13.3. The fourth-order valence-electron chi connectivity index (χ4n) is 4.41. The van der Waals surface area contributed by atoms with Gasteiger partial charge in [0.15, 0.2) is 6.29 Å². The summed E-state index contributed by atoms with van der Waals surface area (Å²) < 4.78 is 33.0. The molecule has 2 heterocycles. The molecule has 2 aromatic carbocycles. The van der Waals surface area contributed by atoms with Gasteiger partial charge in [-0.1, -0.05) is 24.3 Å². The van der Waals surface area contributed by atoms with Gasteiger partial charge in [0.2, 0.25) is 6.29 Å². The lowest BCUT2D eigenvalue weighted by molar-refractivity contribution is -0.318.